The molecule has 1 saturated heterocycles. The fourth-order valence-electron chi connectivity index (χ4n) is 3.24. The third-order valence-corrected chi connectivity index (χ3v) is 4.88. The molecule has 3 heterocycles. The van der Waals surface area contributed by atoms with Crippen molar-refractivity contribution in [2.75, 3.05) is 33.0 Å². The summed E-state index contributed by atoms with van der Waals surface area (Å²) < 4.78 is 16.3. The average Bonchev–Trinajstić information content (AvgIpc) is 3.21. The van der Waals surface area contributed by atoms with Crippen LogP contribution < -0.4 is 9.47 Å². The molecule has 1 aromatic carbocycles. The smallest absolute Gasteiger partial charge is 0.289 e. The maximum absolute atomic E-state index is 12.5. The number of nitrogens with zero attached hydrogens (tertiary/aromatic N) is 2. The molecule has 1 amide bonds. The number of aryl methyl sites for hydroxylation is 2. The van der Waals surface area contributed by atoms with Gasteiger partial charge in [0.1, 0.15) is 5.76 Å². The lowest BCUT2D eigenvalue weighted by atomic mass is 10.1. The van der Waals surface area contributed by atoms with Crippen LogP contribution in [0.4, 0.5) is 0 Å². The van der Waals surface area contributed by atoms with E-state index in [4.69, 9.17) is 13.9 Å². The van der Waals surface area contributed by atoms with E-state index >= 15 is 0 Å². The SMILES string of the molecule is Cc1cc(C(=O)N2CCN(Cc3ccc4c(c3)OCO4)CC2)oc1C. The molecule has 0 unspecified atom stereocenters. The second-order valence-corrected chi connectivity index (χ2v) is 6.61. The zero-order chi connectivity index (χ0) is 17.4. The molecular formula is C19H22N2O4. The Bertz CT molecular complexity index is 771. The number of rotatable bonds is 3. The van der Waals surface area contributed by atoms with Crippen LogP contribution in [0.5, 0.6) is 11.5 Å². The molecule has 0 radical (unpaired) electrons. The number of piperazine rings is 1. The Morgan fingerprint density at radius 2 is 1.80 bits per heavy atom. The minimum absolute atomic E-state index is 0.0149. The van der Waals surface area contributed by atoms with Crippen LogP contribution in [0.1, 0.15) is 27.4 Å². The molecule has 0 spiro atoms. The summed E-state index contributed by atoms with van der Waals surface area (Å²) in [5, 5.41) is 0. The number of fused-ring (bicyclic) bond motifs is 1. The van der Waals surface area contributed by atoms with Gasteiger partial charge in [0.15, 0.2) is 17.3 Å². The number of furan rings is 1. The van der Waals surface area contributed by atoms with Gasteiger partial charge in [0.2, 0.25) is 6.79 Å². The zero-order valence-electron chi connectivity index (χ0n) is 14.6. The van der Waals surface area contributed by atoms with E-state index in [9.17, 15) is 4.79 Å². The molecule has 0 bridgehead atoms. The van der Waals surface area contributed by atoms with Gasteiger partial charge in [-0.05, 0) is 43.2 Å². The monoisotopic (exact) mass is 342 g/mol. The lowest BCUT2D eigenvalue weighted by molar-refractivity contribution is 0.0596. The Morgan fingerprint density at radius 3 is 2.52 bits per heavy atom. The molecule has 4 rings (SSSR count). The molecule has 1 fully saturated rings. The van der Waals surface area contributed by atoms with Gasteiger partial charge in [-0.15, -0.1) is 0 Å². The van der Waals surface area contributed by atoms with Gasteiger partial charge in [0, 0.05) is 32.7 Å². The van der Waals surface area contributed by atoms with E-state index in [1.54, 1.807) is 0 Å². The topological polar surface area (TPSA) is 55.2 Å². The lowest BCUT2D eigenvalue weighted by Crippen LogP contribution is -2.48. The number of amides is 1. The average molecular weight is 342 g/mol. The van der Waals surface area contributed by atoms with Gasteiger partial charge in [0.25, 0.3) is 5.91 Å². The molecule has 0 N–H and O–H groups in total. The molecule has 6 heteroatoms. The van der Waals surface area contributed by atoms with Gasteiger partial charge >= 0.3 is 0 Å². The Hall–Kier alpha value is -2.47. The van der Waals surface area contributed by atoms with Gasteiger partial charge < -0.3 is 18.8 Å². The van der Waals surface area contributed by atoms with Crippen LogP contribution in [0.15, 0.2) is 28.7 Å². The summed E-state index contributed by atoms with van der Waals surface area (Å²) in [6.45, 7) is 8.10. The summed E-state index contributed by atoms with van der Waals surface area (Å²) in [5.74, 6) is 2.86. The Kier molecular flexibility index (Phi) is 4.13. The highest BCUT2D eigenvalue weighted by Crippen LogP contribution is 2.32. The van der Waals surface area contributed by atoms with Crippen molar-refractivity contribution in [3.05, 3.63) is 46.9 Å². The molecule has 132 valence electrons. The summed E-state index contributed by atoms with van der Waals surface area (Å²) >= 11 is 0. The van der Waals surface area contributed by atoms with Crippen molar-refractivity contribution in [3.8, 4) is 11.5 Å². The molecular weight excluding hydrogens is 320 g/mol. The van der Waals surface area contributed by atoms with Gasteiger partial charge in [-0.1, -0.05) is 6.07 Å². The Labute approximate surface area is 146 Å². The first-order valence-corrected chi connectivity index (χ1v) is 8.57. The first kappa shape index (κ1) is 16.0. The normalized spacial score (nSPS) is 17.1. The van der Waals surface area contributed by atoms with Gasteiger partial charge in [-0.25, -0.2) is 0 Å². The number of hydrogen-bond acceptors (Lipinski definition) is 5. The third-order valence-electron chi connectivity index (χ3n) is 4.88. The van der Waals surface area contributed by atoms with E-state index in [-0.39, 0.29) is 5.91 Å². The van der Waals surface area contributed by atoms with Crippen LogP contribution in [-0.2, 0) is 6.54 Å². The highest BCUT2D eigenvalue weighted by molar-refractivity contribution is 5.91. The zero-order valence-corrected chi connectivity index (χ0v) is 14.6. The van der Waals surface area contributed by atoms with Crippen molar-refractivity contribution in [2.24, 2.45) is 0 Å². The summed E-state index contributed by atoms with van der Waals surface area (Å²) in [6.07, 6.45) is 0. The third kappa shape index (κ3) is 3.22. The van der Waals surface area contributed by atoms with Crippen molar-refractivity contribution >= 4 is 5.91 Å². The molecule has 6 nitrogen and oxygen atoms in total. The van der Waals surface area contributed by atoms with Gasteiger partial charge in [-0.3, -0.25) is 9.69 Å². The van der Waals surface area contributed by atoms with Crippen molar-refractivity contribution in [1.29, 1.82) is 0 Å². The highest BCUT2D eigenvalue weighted by atomic mass is 16.7. The summed E-state index contributed by atoms with van der Waals surface area (Å²) in [7, 11) is 0. The van der Waals surface area contributed by atoms with E-state index in [1.807, 2.05) is 36.9 Å². The summed E-state index contributed by atoms with van der Waals surface area (Å²) in [6, 6.07) is 7.89. The molecule has 0 atom stereocenters. The van der Waals surface area contributed by atoms with Crippen LogP contribution in [0.2, 0.25) is 0 Å². The standard InChI is InChI=1S/C19H22N2O4/c1-13-9-18(25-14(13)2)19(22)21-7-5-20(6-8-21)11-15-3-4-16-17(10-15)24-12-23-16/h3-4,9-10H,5-8,11-12H2,1-2H3. The number of carbonyl (C=O) groups is 1. The molecule has 2 aromatic rings. The van der Waals surface area contributed by atoms with E-state index in [0.717, 1.165) is 42.5 Å². The van der Waals surface area contributed by atoms with Crippen LogP contribution in [0.3, 0.4) is 0 Å². The summed E-state index contributed by atoms with van der Waals surface area (Å²) in [5.41, 5.74) is 2.21. The Balaban J connectivity index is 1.34. The number of benzene rings is 1. The largest absolute Gasteiger partial charge is 0.456 e. The highest BCUT2D eigenvalue weighted by Gasteiger charge is 2.25. The predicted molar refractivity (Wildman–Crippen MR) is 91.9 cm³/mol. The van der Waals surface area contributed by atoms with Crippen molar-refractivity contribution in [1.82, 2.24) is 9.80 Å². The maximum Gasteiger partial charge on any atom is 0.289 e. The second-order valence-electron chi connectivity index (χ2n) is 6.61. The second kappa shape index (κ2) is 6.44. The predicted octanol–water partition coefficient (Wildman–Crippen LogP) is 2.58. The lowest BCUT2D eigenvalue weighted by Gasteiger charge is -2.34. The minimum atomic E-state index is -0.0149. The van der Waals surface area contributed by atoms with Crippen LogP contribution >= 0.6 is 0 Å². The molecule has 0 saturated carbocycles. The van der Waals surface area contributed by atoms with Crippen molar-refractivity contribution in [2.45, 2.75) is 20.4 Å². The van der Waals surface area contributed by atoms with Crippen LogP contribution in [-0.4, -0.2) is 48.7 Å². The molecule has 1 aromatic heterocycles. The number of hydrogen-bond donors (Lipinski definition) is 0. The van der Waals surface area contributed by atoms with E-state index in [2.05, 4.69) is 11.0 Å². The van der Waals surface area contributed by atoms with E-state index < -0.39 is 0 Å². The van der Waals surface area contributed by atoms with Crippen LogP contribution in [0.25, 0.3) is 0 Å². The number of carbonyl (C=O) groups excluding carboxylic acids is 1. The van der Waals surface area contributed by atoms with Gasteiger partial charge in [0.05, 0.1) is 0 Å². The van der Waals surface area contributed by atoms with Crippen LogP contribution in [0, 0.1) is 13.8 Å². The van der Waals surface area contributed by atoms with Crippen molar-refractivity contribution < 1.29 is 18.7 Å². The first-order chi connectivity index (χ1) is 12.1. The minimum Gasteiger partial charge on any atom is -0.456 e. The first-order valence-electron chi connectivity index (χ1n) is 8.57. The summed E-state index contributed by atoms with van der Waals surface area (Å²) in [4.78, 5) is 16.8. The molecule has 2 aliphatic heterocycles. The molecule has 2 aliphatic rings. The molecule has 0 aliphatic carbocycles. The number of ether oxygens (including phenoxy) is 2. The van der Waals surface area contributed by atoms with Crippen molar-refractivity contribution in [3.63, 3.8) is 0 Å². The fraction of sp³-hybridized carbons (Fsp3) is 0.421. The van der Waals surface area contributed by atoms with Gasteiger partial charge in [-0.2, -0.15) is 0 Å². The fourth-order valence-corrected chi connectivity index (χ4v) is 3.24. The Morgan fingerprint density at radius 1 is 1.04 bits per heavy atom. The van der Waals surface area contributed by atoms with E-state index in [0.29, 0.717) is 25.6 Å². The van der Waals surface area contributed by atoms with E-state index in [1.165, 1.54) is 5.56 Å². The maximum atomic E-state index is 12.5. The molecule has 25 heavy (non-hydrogen) atoms. The quantitative estimate of drug-likeness (QED) is 0.858.